The highest BCUT2D eigenvalue weighted by Crippen LogP contribution is 2.47. The van der Waals surface area contributed by atoms with E-state index in [4.69, 9.17) is 24.9 Å². The van der Waals surface area contributed by atoms with Gasteiger partial charge in [-0.15, -0.1) is 0 Å². The van der Waals surface area contributed by atoms with Gasteiger partial charge in [0.2, 0.25) is 5.95 Å². The van der Waals surface area contributed by atoms with Gasteiger partial charge in [0.05, 0.1) is 95.4 Å². The Hall–Kier alpha value is -19.4. The first-order valence-corrected chi connectivity index (χ1v) is 47.7. The van der Waals surface area contributed by atoms with Crippen molar-refractivity contribution in [3.05, 3.63) is 498 Å². The monoisotopic (exact) mass is 1810 g/mol. The molecule has 0 N–H and O–H groups in total. The van der Waals surface area contributed by atoms with E-state index in [0.29, 0.717) is 5.95 Å². The Morgan fingerprint density at radius 1 is 0.169 bits per heavy atom. The van der Waals surface area contributed by atoms with Crippen LogP contribution in [0.5, 0.6) is 0 Å². The first-order valence-electron chi connectivity index (χ1n) is 47.7. The van der Waals surface area contributed by atoms with E-state index < -0.39 is 0 Å². The maximum Gasteiger partial charge on any atom is 0.237 e. The van der Waals surface area contributed by atoms with Crippen LogP contribution < -0.4 is 0 Å². The number of nitrogens with zero attached hydrogens (tertiary/aromatic N) is 14. The molecular weight excluding hydrogens is 1730 g/mol. The molecule has 29 aromatic rings. The standard InChI is InChI=1S/C50H32N6.C43H27N5.C35H23N3/c1-2-12-36(13-3-1)55-46-19-5-4-14-40(46)49-38(15-10-20-48(49)55)34-23-26-47-41(30-34)39-16-11-29-53-50(39)56(47)37-24-21-33(22-25-37)35-31-44(42-17-6-8-27-51-42)54-45(32-35)43-18-7-9-28-52-43;1-3-13-28(14-4-1)41-33-17-7-9-21-36(33)45-43(46-41)48-38-25-24-29(27-35(38)32-20-12-26-44-42(32)48)31-19-11-23-39-40(31)34-18-8-10-22-37(34)47(39)30-15-5-2-6-16-30;1-3-10-25(11-4-1)37-31-16-8-7-14-29(31)35-27(15-9-17-33(35)37)24-18-19-32-30(22-24)28-20-21-36-23-34(28)38(32)26-12-5-2-6-13-26/h1-32H;1-27H;1-23H. The molecule has 142 heavy (non-hydrogen) atoms. The van der Waals surface area contributed by atoms with E-state index in [1.807, 2.05) is 104 Å². The van der Waals surface area contributed by atoms with E-state index in [0.717, 1.165) is 134 Å². The summed E-state index contributed by atoms with van der Waals surface area (Å²) in [6, 6.07) is 163. The molecule has 0 aliphatic carbocycles. The maximum atomic E-state index is 5.21. The highest BCUT2D eigenvalue weighted by Gasteiger charge is 2.26. The quantitative estimate of drug-likeness (QED) is 0.111. The molecular formula is C128H82N14. The van der Waals surface area contributed by atoms with Crippen molar-refractivity contribution < 1.29 is 0 Å². The fourth-order valence-electron chi connectivity index (χ4n) is 21.5. The summed E-state index contributed by atoms with van der Waals surface area (Å²) in [6.07, 6.45) is 11.2. The van der Waals surface area contributed by atoms with Crippen molar-refractivity contribution in [3.63, 3.8) is 0 Å². The Balaban J connectivity index is 0.000000108. The zero-order valence-corrected chi connectivity index (χ0v) is 76.6. The minimum atomic E-state index is 0.604. The Kier molecular flexibility index (Phi) is 19.9. The average molecular weight is 1820 g/mol. The maximum absolute atomic E-state index is 5.21. The van der Waals surface area contributed by atoms with Crippen LogP contribution in [0.15, 0.2) is 498 Å². The lowest BCUT2D eigenvalue weighted by Gasteiger charge is -2.12. The molecule has 0 spiro atoms. The fourth-order valence-corrected chi connectivity index (χ4v) is 21.5. The largest absolute Gasteiger partial charge is 0.309 e. The van der Waals surface area contributed by atoms with Crippen LogP contribution in [0.3, 0.4) is 0 Å². The molecule has 0 aliphatic heterocycles. The smallest absolute Gasteiger partial charge is 0.237 e. The Morgan fingerprint density at radius 3 is 0.993 bits per heavy atom. The number of aromatic nitrogens is 14. The minimum absolute atomic E-state index is 0.604. The van der Waals surface area contributed by atoms with Crippen molar-refractivity contribution in [3.8, 4) is 113 Å². The molecule has 0 saturated carbocycles. The van der Waals surface area contributed by atoms with E-state index in [1.54, 1.807) is 12.4 Å². The van der Waals surface area contributed by atoms with Gasteiger partial charge in [0.15, 0.2) is 0 Å². The topological polar surface area (TPSA) is 133 Å². The van der Waals surface area contributed by atoms with Gasteiger partial charge in [-0.2, -0.15) is 0 Å². The summed E-state index contributed by atoms with van der Waals surface area (Å²) in [6.45, 7) is 0. The number of fused-ring (bicyclic) bond motifs is 19. The molecule has 13 heterocycles. The predicted molar refractivity (Wildman–Crippen MR) is 583 cm³/mol. The molecule has 664 valence electrons. The van der Waals surface area contributed by atoms with Crippen molar-refractivity contribution in [2.24, 2.45) is 0 Å². The molecule has 29 rings (SSSR count). The first kappa shape index (κ1) is 82.1. The molecule has 0 fully saturated rings. The minimum Gasteiger partial charge on any atom is -0.309 e. The van der Waals surface area contributed by atoms with Gasteiger partial charge in [0, 0.05) is 135 Å². The van der Waals surface area contributed by atoms with Gasteiger partial charge in [-0.05, 0) is 251 Å². The van der Waals surface area contributed by atoms with Gasteiger partial charge >= 0.3 is 0 Å². The van der Waals surface area contributed by atoms with Crippen molar-refractivity contribution in [2.45, 2.75) is 0 Å². The number of hydrogen-bond donors (Lipinski definition) is 0. The van der Waals surface area contributed by atoms with Crippen LogP contribution in [-0.4, -0.2) is 67.3 Å². The molecule has 14 heteroatoms. The normalized spacial score (nSPS) is 11.7. The molecule has 0 unspecified atom stereocenters. The van der Waals surface area contributed by atoms with Gasteiger partial charge in [-0.25, -0.2) is 24.9 Å². The molecule has 0 saturated heterocycles. The molecule has 0 bridgehead atoms. The van der Waals surface area contributed by atoms with Crippen LogP contribution in [0.4, 0.5) is 0 Å². The van der Waals surface area contributed by atoms with E-state index >= 15 is 0 Å². The van der Waals surface area contributed by atoms with Crippen LogP contribution in [-0.2, 0) is 0 Å². The molecule has 16 aromatic carbocycles. The molecule has 0 atom stereocenters. The van der Waals surface area contributed by atoms with E-state index in [9.17, 15) is 0 Å². The van der Waals surface area contributed by atoms with Crippen molar-refractivity contribution in [2.75, 3.05) is 0 Å². The van der Waals surface area contributed by atoms with Crippen LogP contribution in [0, 0.1) is 0 Å². The zero-order chi connectivity index (χ0) is 93.7. The summed E-state index contributed by atoms with van der Waals surface area (Å²) in [5.74, 6) is 0.604. The first-order chi connectivity index (χ1) is 70.5. The lowest BCUT2D eigenvalue weighted by Crippen LogP contribution is -2.04. The third-order valence-electron chi connectivity index (χ3n) is 27.7. The van der Waals surface area contributed by atoms with Crippen LogP contribution >= 0.6 is 0 Å². The zero-order valence-electron chi connectivity index (χ0n) is 76.6. The van der Waals surface area contributed by atoms with Gasteiger partial charge < -0.3 is 18.3 Å². The summed E-state index contributed by atoms with van der Waals surface area (Å²) in [4.78, 5) is 38.7. The Labute approximate surface area is 814 Å². The van der Waals surface area contributed by atoms with Crippen LogP contribution in [0.2, 0.25) is 0 Å². The predicted octanol–water partition coefficient (Wildman–Crippen LogP) is 31.6. The van der Waals surface area contributed by atoms with Gasteiger partial charge in [-0.1, -0.05) is 255 Å². The second-order valence-electron chi connectivity index (χ2n) is 35.7. The van der Waals surface area contributed by atoms with Gasteiger partial charge in [-0.3, -0.25) is 24.1 Å². The number of rotatable bonds is 13. The second kappa shape index (κ2) is 34.4. The fraction of sp³-hybridized carbons (Fsp3) is 0. The third kappa shape index (κ3) is 13.9. The van der Waals surface area contributed by atoms with E-state index in [1.165, 1.54) is 115 Å². The van der Waals surface area contributed by atoms with Crippen molar-refractivity contribution in [1.29, 1.82) is 0 Å². The summed E-state index contributed by atoms with van der Waals surface area (Å²) < 4.78 is 13.8. The van der Waals surface area contributed by atoms with Crippen molar-refractivity contribution in [1.82, 2.24) is 67.3 Å². The molecule has 14 nitrogen and oxygen atoms in total. The molecule has 0 radical (unpaired) electrons. The summed E-state index contributed by atoms with van der Waals surface area (Å²) >= 11 is 0. The second-order valence-corrected chi connectivity index (χ2v) is 35.7. The third-order valence-corrected chi connectivity index (χ3v) is 27.7. The molecule has 0 aliphatic rings. The summed E-state index contributed by atoms with van der Waals surface area (Å²) in [5, 5.41) is 15.4. The Bertz CT molecular complexity index is 9910. The van der Waals surface area contributed by atoms with Gasteiger partial charge in [0.1, 0.15) is 11.3 Å². The summed E-state index contributed by atoms with van der Waals surface area (Å²) in [7, 11) is 0. The number of pyridine rings is 6. The average Bonchev–Trinajstić information content (AvgIpc) is 1.57. The highest BCUT2D eigenvalue weighted by atomic mass is 15.2. The van der Waals surface area contributed by atoms with Crippen LogP contribution in [0.1, 0.15) is 0 Å². The SMILES string of the molecule is c1ccc(-c2nc(-n3c4ccc(-c5cccc6c5c5ccccc5n6-c5ccccc5)cc4c4cccnc43)nc3ccccc23)cc1.c1ccc(-n2c3ccc(-c4cccc5c4c4ccccc4n5-c4ccccc4)cc3c3ccncc32)cc1.c1ccc(-n2c3ccccc3c3c(-c4ccc5c(c4)c4cccnc4n5-c4ccc(-c5cc(-c6ccccn6)nc(-c6ccccn6)c5)cc4)cccc32)cc1. The Morgan fingerprint density at radius 2 is 0.528 bits per heavy atom. The number of benzene rings is 16. The van der Waals surface area contributed by atoms with E-state index in [-0.39, 0.29) is 0 Å². The lowest BCUT2D eigenvalue weighted by molar-refractivity contribution is 0.998. The van der Waals surface area contributed by atoms with E-state index in [2.05, 4.69) is 425 Å². The molecule has 13 aromatic heterocycles. The highest BCUT2D eigenvalue weighted by molar-refractivity contribution is 6.21. The lowest BCUT2D eigenvalue weighted by atomic mass is 9.98. The van der Waals surface area contributed by atoms with Crippen molar-refractivity contribution >= 4 is 142 Å². The number of para-hydroxylation sites is 8. The van der Waals surface area contributed by atoms with Gasteiger partial charge in [0.25, 0.3) is 0 Å². The van der Waals surface area contributed by atoms with Crippen LogP contribution in [0.25, 0.3) is 255 Å². The number of hydrogen-bond acceptors (Lipinski definition) is 8. The summed E-state index contributed by atoms with van der Waals surface area (Å²) in [5.41, 5.74) is 34.4. The molecule has 0 amide bonds.